The Morgan fingerprint density at radius 1 is 1.22 bits per heavy atom. The normalized spacial score (nSPS) is 13.9. The van der Waals surface area contributed by atoms with Gasteiger partial charge in [-0.2, -0.15) is 0 Å². The number of hydrogen-bond acceptors (Lipinski definition) is 5. The van der Waals surface area contributed by atoms with Gasteiger partial charge in [0, 0.05) is 12.4 Å². The van der Waals surface area contributed by atoms with Gasteiger partial charge < -0.3 is 24.7 Å². The first-order valence-corrected chi connectivity index (χ1v) is 7.52. The van der Waals surface area contributed by atoms with Crippen molar-refractivity contribution >= 4 is 12.1 Å². The van der Waals surface area contributed by atoms with Crippen LogP contribution in [-0.4, -0.2) is 29.8 Å². The molecule has 0 fully saturated rings. The zero-order valence-corrected chi connectivity index (χ0v) is 14.0. The maximum absolute atomic E-state index is 11.8. The van der Waals surface area contributed by atoms with E-state index < -0.39 is 29.8 Å². The molecule has 0 bridgehead atoms. The van der Waals surface area contributed by atoms with Crippen LogP contribution < -0.4 is 10.4 Å². The third-order valence-corrected chi connectivity index (χ3v) is 3.01. The number of rotatable bonds is 7. The molecule has 0 aliphatic heterocycles. The minimum absolute atomic E-state index is 0.321. The summed E-state index contributed by atoms with van der Waals surface area (Å²) in [4.78, 5) is 22.7. The van der Waals surface area contributed by atoms with Crippen LogP contribution in [0.1, 0.15) is 39.7 Å². The van der Waals surface area contributed by atoms with Crippen molar-refractivity contribution in [3.8, 4) is 0 Å². The molecule has 0 heterocycles. The van der Waals surface area contributed by atoms with Crippen molar-refractivity contribution in [3.63, 3.8) is 0 Å². The van der Waals surface area contributed by atoms with Crippen LogP contribution in [-0.2, 0) is 20.9 Å². The number of alkyl carbamates (subject to hydrolysis) is 1. The molecule has 0 unspecified atom stereocenters. The lowest BCUT2D eigenvalue weighted by molar-refractivity contribution is -0.306. The van der Waals surface area contributed by atoms with Crippen molar-refractivity contribution in [2.24, 2.45) is 0 Å². The topological polar surface area (TPSA) is 87.7 Å². The SMILES string of the molecule is C[C@H](OCc1ccccc1)[C@@H](CC(=O)[O-])NC(=O)OC(C)(C)C. The number of amides is 1. The first-order chi connectivity index (χ1) is 10.7. The third kappa shape index (κ3) is 8.21. The number of carbonyl (C=O) groups excluding carboxylic acids is 2. The zero-order chi connectivity index (χ0) is 17.5. The molecule has 128 valence electrons. The van der Waals surface area contributed by atoms with Crippen molar-refractivity contribution in [1.82, 2.24) is 5.32 Å². The maximum atomic E-state index is 11.8. The summed E-state index contributed by atoms with van der Waals surface area (Å²) in [5.74, 6) is -1.26. The van der Waals surface area contributed by atoms with Gasteiger partial charge in [0.15, 0.2) is 0 Å². The second kappa shape index (κ2) is 8.53. The van der Waals surface area contributed by atoms with Crippen molar-refractivity contribution in [1.29, 1.82) is 0 Å². The van der Waals surface area contributed by atoms with Crippen LogP contribution in [0.4, 0.5) is 4.79 Å². The molecule has 6 heteroatoms. The molecule has 1 aromatic rings. The third-order valence-electron chi connectivity index (χ3n) is 3.01. The lowest BCUT2D eigenvalue weighted by Crippen LogP contribution is -2.48. The molecule has 1 aromatic carbocycles. The Labute approximate surface area is 136 Å². The van der Waals surface area contributed by atoms with Gasteiger partial charge in [-0.15, -0.1) is 0 Å². The Balaban J connectivity index is 2.61. The molecule has 0 aromatic heterocycles. The van der Waals surface area contributed by atoms with Gasteiger partial charge in [0.25, 0.3) is 0 Å². The molecule has 0 saturated heterocycles. The highest BCUT2D eigenvalue weighted by molar-refractivity contribution is 5.70. The lowest BCUT2D eigenvalue weighted by atomic mass is 10.1. The summed E-state index contributed by atoms with van der Waals surface area (Å²) in [6.45, 7) is 7.22. The van der Waals surface area contributed by atoms with Crippen molar-refractivity contribution in [2.75, 3.05) is 0 Å². The predicted octanol–water partition coefficient (Wildman–Crippen LogP) is 1.62. The zero-order valence-electron chi connectivity index (χ0n) is 14.0. The first-order valence-electron chi connectivity index (χ1n) is 7.52. The van der Waals surface area contributed by atoms with Crippen LogP contribution in [0.2, 0.25) is 0 Å². The minimum Gasteiger partial charge on any atom is -0.550 e. The van der Waals surface area contributed by atoms with Gasteiger partial charge in [-0.25, -0.2) is 4.79 Å². The van der Waals surface area contributed by atoms with E-state index in [1.54, 1.807) is 27.7 Å². The molecule has 0 aliphatic rings. The van der Waals surface area contributed by atoms with E-state index in [1.165, 1.54) is 0 Å². The summed E-state index contributed by atoms with van der Waals surface area (Å²) in [5, 5.41) is 13.4. The number of carbonyl (C=O) groups is 2. The van der Waals surface area contributed by atoms with E-state index in [4.69, 9.17) is 9.47 Å². The molecule has 0 spiro atoms. The van der Waals surface area contributed by atoms with E-state index in [0.29, 0.717) is 6.61 Å². The molecular weight excluding hydrogens is 298 g/mol. The Hall–Kier alpha value is -2.08. The van der Waals surface area contributed by atoms with Crippen LogP contribution in [0, 0.1) is 0 Å². The number of hydrogen-bond donors (Lipinski definition) is 1. The van der Waals surface area contributed by atoms with Crippen molar-refractivity contribution in [3.05, 3.63) is 35.9 Å². The van der Waals surface area contributed by atoms with Crippen LogP contribution in [0.25, 0.3) is 0 Å². The van der Waals surface area contributed by atoms with Gasteiger partial charge in [0.2, 0.25) is 0 Å². The molecule has 23 heavy (non-hydrogen) atoms. The Kier molecular flexibility index (Phi) is 7.03. The summed E-state index contributed by atoms with van der Waals surface area (Å²) in [6.07, 6.45) is -1.55. The smallest absolute Gasteiger partial charge is 0.407 e. The highest BCUT2D eigenvalue weighted by Crippen LogP contribution is 2.11. The average molecular weight is 322 g/mol. The molecule has 1 rings (SSSR count). The Bertz CT molecular complexity index is 509. The Morgan fingerprint density at radius 3 is 2.35 bits per heavy atom. The van der Waals surface area contributed by atoms with Gasteiger partial charge in [-0.3, -0.25) is 0 Å². The first kappa shape index (κ1) is 19.0. The van der Waals surface area contributed by atoms with Gasteiger partial charge in [0.05, 0.1) is 18.8 Å². The van der Waals surface area contributed by atoms with Crippen LogP contribution in [0.5, 0.6) is 0 Å². The van der Waals surface area contributed by atoms with Crippen LogP contribution in [0.15, 0.2) is 30.3 Å². The fourth-order valence-electron chi connectivity index (χ4n) is 1.89. The number of carboxylic acid groups (broad SMARTS) is 1. The van der Waals surface area contributed by atoms with E-state index >= 15 is 0 Å². The summed E-state index contributed by atoms with van der Waals surface area (Å²) in [5.41, 5.74) is 0.299. The largest absolute Gasteiger partial charge is 0.550 e. The fraction of sp³-hybridized carbons (Fsp3) is 0.529. The number of ether oxygens (including phenoxy) is 2. The van der Waals surface area contributed by atoms with E-state index in [0.717, 1.165) is 5.56 Å². The van der Waals surface area contributed by atoms with Gasteiger partial charge in [-0.1, -0.05) is 30.3 Å². The highest BCUT2D eigenvalue weighted by Gasteiger charge is 2.24. The van der Waals surface area contributed by atoms with E-state index in [1.807, 2.05) is 30.3 Å². The molecule has 1 N–H and O–H groups in total. The summed E-state index contributed by atoms with van der Waals surface area (Å²) in [6, 6.07) is 8.75. The second-order valence-electron chi connectivity index (χ2n) is 6.33. The molecule has 1 amide bonds. The van der Waals surface area contributed by atoms with Crippen LogP contribution in [0.3, 0.4) is 0 Å². The molecule has 0 aliphatic carbocycles. The van der Waals surface area contributed by atoms with E-state index in [-0.39, 0.29) is 6.42 Å². The molecule has 0 saturated carbocycles. The van der Waals surface area contributed by atoms with Gasteiger partial charge in [-0.05, 0) is 33.3 Å². The summed E-state index contributed by atoms with van der Waals surface area (Å²) < 4.78 is 10.8. The van der Waals surface area contributed by atoms with Gasteiger partial charge >= 0.3 is 6.09 Å². The monoisotopic (exact) mass is 322 g/mol. The molecular formula is C17H24NO5-. The molecule has 2 atom stereocenters. The highest BCUT2D eigenvalue weighted by atomic mass is 16.6. The maximum Gasteiger partial charge on any atom is 0.407 e. The fourth-order valence-corrected chi connectivity index (χ4v) is 1.89. The van der Waals surface area contributed by atoms with Crippen molar-refractivity contribution < 1.29 is 24.2 Å². The minimum atomic E-state index is -1.26. The van der Waals surface area contributed by atoms with Gasteiger partial charge in [0.1, 0.15) is 5.60 Å². The van der Waals surface area contributed by atoms with E-state index in [2.05, 4.69) is 5.32 Å². The lowest BCUT2D eigenvalue weighted by Gasteiger charge is -2.27. The summed E-state index contributed by atoms with van der Waals surface area (Å²) in [7, 11) is 0. The summed E-state index contributed by atoms with van der Waals surface area (Å²) >= 11 is 0. The number of nitrogens with one attached hydrogen (secondary N) is 1. The van der Waals surface area contributed by atoms with E-state index in [9.17, 15) is 14.7 Å². The number of aliphatic carboxylic acids is 1. The average Bonchev–Trinajstić information content (AvgIpc) is 2.42. The number of carboxylic acids is 1. The second-order valence-corrected chi connectivity index (χ2v) is 6.33. The Morgan fingerprint density at radius 2 is 1.83 bits per heavy atom. The molecule has 0 radical (unpaired) electrons. The van der Waals surface area contributed by atoms with Crippen molar-refractivity contribution in [2.45, 2.75) is 58.5 Å². The standard InChI is InChI=1S/C17H25NO5/c1-12(22-11-13-8-6-5-7-9-13)14(10-15(19)20)18-16(21)23-17(2,3)4/h5-9,12,14H,10-11H2,1-4H3,(H,18,21)(H,19,20)/p-1/t12-,14+/m0/s1. The number of benzene rings is 1. The van der Waals surface area contributed by atoms with Crippen LogP contribution >= 0.6 is 0 Å². The predicted molar refractivity (Wildman–Crippen MR) is 83.5 cm³/mol. The quantitative estimate of drug-likeness (QED) is 0.824. The molecule has 6 nitrogen and oxygen atoms in total.